The molecule has 1 unspecified atom stereocenters. The van der Waals surface area contributed by atoms with Gasteiger partial charge in [-0.3, -0.25) is 0 Å². The molecule has 1 saturated carbocycles. The summed E-state index contributed by atoms with van der Waals surface area (Å²) < 4.78 is 10.7. The van der Waals surface area contributed by atoms with Crippen LogP contribution in [0, 0.1) is 5.92 Å². The van der Waals surface area contributed by atoms with E-state index in [2.05, 4.69) is 6.26 Å². The van der Waals surface area contributed by atoms with Crippen LogP contribution in [-0.4, -0.2) is 35.8 Å². The minimum absolute atomic E-state index is 0.188. The molecule has 3 nitrogen and oxygen atoms in total. The molecule has 1 saturated heterocycles. The Labute approximate surface area is 94.9 Å². The van der Waals surface area contributed by atoms with E-state index in [0.29, 0.717) is 5.25 Å². The highest BCUT2D eigenvalue weighted by Gasteiger charge is 2.80. The van der Waals surface area contributed by atoms with Gasteiger partial charge < -0.3 is 9.47 Å². The summed E-state index contributed by atoms with van der Waals surface area (Å²) in [6.45, 7) is 4.05. The maximum atomic E-state index is 11.8. The fourth-order valence-electron chi connectivity index (χ4n) is 2.77. The zero-order valence-corrected chi connectivity index (χ0v) is 10.5. The van der Waals surface area contributed by atoms with E-state index in [0.717, 1.165) is 12.8 Å². The lowest BCUT2D eigenvalue weighted by molar-refractivity contribution is -0.148. The number of rotatable bonds is 3. The van der Waals surface area contributed by atoms with Crippen LogP contribution in [0.5, 0.6) is 0 Å². The van der Waals surface area contributed by atoms with Crippen molar-refractivity contribution in [3.05, 3.63) is 0 Å². The van der Waals surface area contributed by atoms with E-state index in [1.807, 2.05) is 25.6 Å². The second-order valence-corrected chi connectivity index (χ2v) is 5.88. The summed E-state index contributed by atoms with van der Waals surface area (Å²) in [5.41, 5.74) is -0.837. The van der Waals surface area contributed by atoms with Gasteiger partial charge in [-0.05, 0) is 25.0 Å². The van der Waals surface area contributed by atoms with Crippen LogP contribution < -0.4 is 0 Å². The molecule has 0 bridgehead atoms. The number of thioether (sulfide) groups is 1. The van der Waals surface area contributed by atoms with Crippen molar-refractivity contribution in [2.45, 2.75) is 43.1 Å². The predicted molar refractivity (Wildman–Crippen MR) is 59.9 cm³/mol. The number of hydrogen-bond acceptors (Lipinski definition) is 4. The highest BCUT2D eigenvalue weighted by Crippen LogP contribution is 2.65. The molecule has 2 fully saturated rings. The van der Waals surface area contributed by atoms with Gasteiger partial charge in [0.2, 0.25) is 0 Å². The van der Waals surface area contributed by atoms with Crippen molar-refractivity contribution in [2.75, 3.05) is 13.4 Å². The van der Waals surface area contributed by atoms with Crippen LogP contribution in [0.3, 0.4) is 0 Å². The number of methoxy groups -OCH3 is 1. The van der Waals surface area contributed by atoms with Crippen molar-refractivity contribution in [3.63, 3.8) is 0 Å². The van der Waals surface area contributed by atoms with Gasteiger partial charge in [0.25, 0.3) is 0 Å². The Morgan fingerprint density at radius 2 is 2.13 bits per heavy atom. The van der Waals surface area contributed by atoms with Crippen LogP contribution in [0.25, 0.3) is 0 Å². The van der Waals surface area contributed by atoms with Gasteiger partial charge in [-0.1, -0.05) is 13.8 Å². The smallest absolute Gasteiger partial charge is 0.341 e. The van der Waals surface area contributed by atoms with E-state index >= 15 is 0 Å². The molecular weight excluding hydrogens is 212 g/mol. The summed E-state index contributed by atoms with van der Waals surface area (Å²) in [7, 11) is 1.44. The average Bonchev–Trinajstić information content (AvgIpc) is 2.85. The van der Waals surface area contributed by atoms with E-state index in [1.165, 1.54) is 7.11 Å². The average molecular weight is 230 g/mol. The molecule has 0 aromatic carbocycles. The molecule has 2 rings (SSSR count). The maximum Gasteiger partial charge on any atom is 0.341 e. The fraction of sp³-hybridized carbons (Fsp3) is 0.909. The number of epoxide rings is 1. The summed E-state index contributed by atoms with van der Waals surface area (Å²) in [6, 6.07) is 0. The van der Waals surface area contributed by atoms with Crippen LogP contribution in [0.2, 0.25) is 0 Å². The second-order valence-electron chi connectivity index (χ2n) is 4.74. The quantitative estimate of drug-likeness (QED) is 0.548. The van der Waals surface area contributed by atoms with Crippen molar-refractivity contribution < 1.29 is 14.3 Å². The van der Waals surface area contributed by atoms with Crippen LogP contribution in [0.1, 0.15) is 26.7 Å². The first kappa shape index (κ1) is 11.3. The molecule has 1 aliphatic carbocycles. The molecule has 0 N–H and O–H groups in total. The van der Waals surface area contributed by atoms with E-state index in [1.54, 1.807) is 0 Å². The van der Waals surface area contributed by atoms with Crippen molar-refractivity contribution >= 4 is 17.7 Å². The Kier molecular flexibility index (Phi) is 2.54. The normalized spacial score (nSPS) is 42.9. The second kappa shape index (κ2) is 3.39. The van der Waals surface area contributed by atoms with Gasteiger partial charge >= 0.3 is 5.97 Å². The fourth-order valence-corrected chi connectivity index (χ4v) is 3.64. The summed E-state index contributed by atoms with van der Waals surface area (Å²) >= 11 is 1.85. The SMILES string of the molecule is COC(=O)C1(C(C)C)OC12CC(SC)C2. The van der Waals surface area contributed by atoms with Crippen LogP contribution in [-0.2, 0) is 14.3 Å². The van der Waals surface area contributed by atoms with Crippen molar-refractivity contribution in [1.29, 1.82) is 0 Å². The largest absolute Gasteiger partial charge is 0.467 e. The van der Waals surface area contributed by atoms with Crippen molar-refractivity contribution in [2.24, 2.45) is 5.92 Å². The molecule has 0 aromatic rings. The lowest BCUT2D eigenvalue weighted by Gasteiger charge is -2.34. The van der Waals surface area contributed by atoms with Crippen LogP contribution in [0.15, 0.2) is 0 Å². The van der Waals surface area contributed by atoms with Crippen LogP contribution in [0.4, 0.5) is 0 Å². The molecule has 0 amide bonds. The Morgan fingerprint density at radius 1 is 1.53 bits per heavy atom. The van der Waals surface area contributed by atoms with Gasteiger partial charge in [0, 0.05) is 5.25 Å². The molecule has 1 spiro atoms. The van der Waals surface area contributed by atoms with Crippen molar-refractivity contribution in [1.82, 2.24) is 0 Å². The molecular formula is C11H18O3S. The van der Waals surface area contributed by atoms with E-state index in [-0.39, 0.29) is 17.5 Å². The summed E-state index contributed by atoms with van der Waals surface area (Å²) in [6.07, 6.45) is 4.08. The number of ether oxygens (including phenoxy) is 2. The first-order chi connectivity index (χ1) is 7.02. The third-order valence-electron chi connectivity index (χ3n) is 3.74. The van der Waals surface area contributed by atoms with Gasteiger partial charge in [-0.2, -0.15) is 11.8 Å². The third kappa shape index (κ3) is 1.27. The minimum atomic E-state index is -0.645. The lowest BCUT2D eigenvalue weighted by atomic mass is 9.71. The molecule has 1 aliphatic heterocycles. The third-order valence-corrected chi connectivity index (χ3v) is 4.74. The molecule has 1 heterocycles. The Hall–Kier alpha value is -0.220. The van der Waals surface area contributed by atoms with Crippen molar-refractivity contribution in [3.8, 4) is 0 Å². The van der Waals surface area contributed by atoms with Gasteiger partial charge in [0.05, 0.1) is 7.11 Å². The monoisotopic (exact) mass is 230 g/mol. The Balaban J connectivity index is 2.11. The van der Waals surface area contributed by atoms with E-state index < -0.39 is 5.60 Å². The lowest BCUT2D eigenvalue weighted by Crippen LogP contribution is -2.47. The number of esters is 1. The first-order valence-corrected chi connectivity index (χ1v) is 6.62. The molecule has 15 heavy (non-hydrogen) atoms. The summed E-state index contributed by atoms with van der Waals surface area (Å²) in [5.74, 6) is -0.00944. The topological polar surface area (TPSA) is 38.8 Å². The van der Waals surface area contributed by atoms with Gasteiger partial charge in [0.1, 0.15) is 5.60 Å². The van der Waals surface area contributed by atoms with Crippen LogP contribution >= 0.6 is 11.8 Å². The molecule has 4 heteroatoms. The number of carbonyl (C=O) groups is 1. The molecule has 0 aromatic heterocycles. The van der Waals surface area contributed by atoms with Gasteiger partial charge in [0.15, 0.2) is 5.60 Å². The highest BCUT2D eigenvalue weighted by atomic mass is 32.2. The maximum absolute atomic E-state index is 11.8. The van der Waals surface area contributed by atoms with E-state index in [4.69, 9.17) is 9.47 Å². The van der Waals surface area contributed by atoms with E-state index in [9.17, 15) is 4.79 Å². The Morgan fingerprint density at radius 3 is 2.53 bits per heavy atom. The highest BCUT2D eigenvalue weighted by molar-refractivity contribution is 7.99. The molecule has 0 radical (unpaired) electrons. The van der Waals surface area contributed by atoms with Gasteiger partial charge in [-0.25, -0.2) is 4.79 Å². The van der Waals surface area contributed by atoms with Gasteiger partial charge in [-0.15, -0.1) is 0 Å². The molecule has 1 atom stereocenters. The zero-order valence-electron chi connectivity index (χ0n) is 9.70. The molecule has 86 valence electrons. The summed E-state index contributed by atoms with van der Waals surface area (Å²) in [5, 5.41) is 0.648. The minimum Gasteiger partial charge on any atom is -0.467 e. The zero-order chi connectivity index (χ0) is 11.3. The predicted octanol–water partition coefficient (Wildman–Crippen LogP) is 1.85. The summed E-state index contributed by atoms with van der Waals surface area (Å²) in [4.78, 5) is 11.8. The first-order valence-electron chi connectivity index (χ1n) is 5.34. The standard InChI is InChI=1S/C11H18O3S/c1-7(2)11(9(12)13-3)10(14-11)5-8(6-10)15-4/h7-8H,5-6H2,1-4H3. The number of hydrogen-bond donors (Lipinski definition) is 0. The molecule has 2 aliphatic rings. The number of carbonyl (C=O) groups excluding carboxylic acids is 1. The Bertz CT molecular complexity index is 284.